The van der Waals surface area contributed by atoms with Crippen LogP contribution in [0.5, 0.6) is 0 Å². The van der Waals surface area contributed by atoms with Crippen LogP contribution < -0.4 is 16.6 Å². The molecule has 0 saturated carbocycles. The van der Waals surface area contributed by atoms with Crippen LogP contribution in [0.4, 0.5) is 0 Å². The molecule has 0 aliphatic rings. The van der Waals surface area contributed by atoms with E-state index in [1.54, 1.807) is 0 Å². The number of amides is 1. The van der Waals surface area contributed by atoms with Crippen LogP contribution in [-0.2, 0) is 31.0 Å². The summed E-state index contributed by atoms with van der Waals surface area (Å²) in [4.78, 5) is 39.9. The normalized spacial score (nSPS) is 11.0. The molecule has 32 heavy (non-hydrogen) atoms. The average Bonchev–Trinajstić information content (AvgIpc) is 2.82. The molecular formula is C25H30N4O3. The summed E-state index contributed by atoms with van der Waals surface area (Å²) < 4.78 is 2.41. The number of nitrogens with one attached hydrogen (secondary N) is 1. The molecule has 3 rings (SSSR count). The molecule has 0 aliphatic carbocycles. The van der Waals surface area contributed by atoms with Gasteiger partial charge in [0, 0.05) is 25.4 Å². The quantitative estimate of drug-likeness (QED) is 0.531. The monoisotopic (exact) mass is 434 g/mol. The minimum atomic E-state index is -0.501. The third kappa shape index (κ3) is 6.04. The average molecular weight is 435 g/mol. The van der Waals surface area contributed by atoms with E-state index in [1.165, 1.54) is 16.8 Å². The van der Waals surface area contributed by atoms with Crippen LogP contribution >= 0.6 is 0 Å². The van der Waals surface area contributed by atoms with Crippen molar-refractivity contribution >= 4 is 5.91 Å². The van der Waals surface area contributed by atoms with Gasteiger partial charge in [0.2, 0.25) is 5.91 Å². The highest BCUT2D eigenvalue weighted by Crippen LogP contribution is 2.11. The first-order chi connectivity index (χ1) is 15.5. The Balaban J connectivity index is 1.69. The molecule has 0 aliphatic heterocycles. The first-order valence-electron chi connectivity index (χ1n) is 10.9. The van der Waals surface area contributed by atoms with E-state index < -0.39 is 11.2 Å². The van der Waals surface area contributed by atoms with Crippen LogP contribution in [0, 0.1) is 0 Å². The number of hydrogen-bond donors (Lipinski definition) is 1. The molecule has 0 bridgehead atoms. The van der Waals surface area contributed by atoms with Gasteiger partial charge in [-0.3, -0.25) is 23.6 Å². The fraction of sp³-hybridized carbons (Fsp3) is 0.320. The van der Waals surface area contributed by atoms with Crippen molar-refractivity contribution in [3.8, 4) is 0 Å². The Labute approximate surface area is 187 Å². The maximum absolute atomic E-state index is 12.8. The molecule has 2 aromatic carbocycles. The van der Waals surface area contributed by atoms with E-state index in [0.29, 0.717) is 13.1 Å². The minimum Gasteiger partial charge on any atom is -0.350 e. The van der Waals surface area contributed by atoms with Gasteiger partial charge in [0.05, 0.1) is 6.54 Å². The molecule has 7 nitrogen and oxygen atoms in total. The van der Waals surface area contributed by atoms with Crippen molar-refractivity contribution in [1.29, 1.82) is 0 Å². The highest BCUT2D eigenvalue weighted by molar-refractivity contribution is 5.75. The largest absolute Gasteiger partial charge is 0.350 e. The van der Waals surface area contributed by atoms with Crippen molar-refractivity contribution in [2.24, 2.45) is 0 Å². The summed E-state index contributed by atoms with van der Waals surface area (Å²) in [5, 5.41) is 2.86. The lowest BCUT2D eigenvalue weighted by Gasteiger charge is -2.20. The second kappa shape index (κ2) is 11.2. The van der Waals surface area contributed by atoms with E-state index in [0.717, 1.165) is 40.9 Å². The highest BCUT2D eigenvalue weighted by Gasteiger charge is 2.12. The summed E-state index contributed by atoms with van der Waals surface area (Å²) in [5.41, 5.74) is 2.12. The third-order valence-corrected chi connectivity index (χ3v) is 5.52. The maximum Gasteiger partial charge on any atom is 0.331 e. The molecule has 0 saturated heterocycles. The number of rotatable bonds is 10. The first kappa shape index (κ1) is 23.2. The van der Waals surface area contributed by atoms with Crippen LogP contribution in [0.2, 0.25) is 0 Å². The number of carbonyl (C=O) groups excluding carboxylic acids is 1. The zero-order chi connectivity index (χ0) is 22.9. The Hall–Kier alpha value is -3.45. The Kier molecular flexibility index (Phi) is 8.16. The SMILES string of the molecule is CCN(CC)Cc1ccccc1CNC(=O)Cn1c(=O)ccn(Cc2ccccc2)c1=O. The second-order valence-electron chi connectivity index (χ2n) is 7.64. The van der Waals surface area contributed by atoms with Gasteiger partial charge in [0.25, 0.3) is 5.56 Å². The number of carbonyl (C=O) groups is 1. The third-order valence-electron chi connectivity index (χ3n) is 5.52. The number of nitrogens with zero attached hydrogens (tertiary/aromatic N) is 3. The molecular weight excluding hydrogens is 404 g/mol. The molecule has 1 aromatic heterocycles. The van der Waals surface area contributed by atoms with Crippen molar-refractivity contribution in [3.63, 3.8) is 0 Å². The molecule has 0 unspecified atom stereocenters. The fourth-order valence-electron chi connectivity index (χ4n) is 3.57. The van der Waals surface area contributed by atoms with Gasteiger partial charge in [-0.15, -0.1) is 0 Å². The summed E-state index contributed by atoms with van der Waals surface area (Å²) in [7, 11) is 0. The molecule has 1 heterocycles. The van der Waals surface area contributed by atoms with Crippen molar-refractivity contribution < 1.29 is 4.79 Å². The second-order valence-corrected chi connectivity index (χ2v) is 7.64. The summed E-state index contributed by atoms with van der Waals surface area (Å²) >= 11 is 0. The Morgan fingerprint density at radius 3 is 2.25 bits per heavy atom. The molecule has 0 radical (unpaired) electrons. The lowest BCUT2D eigenvalue weighted by atomic mass is 10.1. The summed E-state index contributed by atoms with van der Waals surface area (Å²) in [5.74, 6) is -0.376. The molecule has 3 aromatic rings. The van der Waals surface area contributed by atoms with Gasteiger partial charge in [-0.1, -0.05) is 68.4 Å². The van der Waals surface area contributed by atoms with Gasteiger partial charge in [-0.2, -0.15) is 0 Å². The van der Waals surface area contributed by atoms with Crippen LogP contribution in [0.1, 0.15) is 30.5 Å². The first-order valence-corrected chi connectivity index (χ1v) is 10.9. The van der Waals surface area contributed by atoms with E-state index in [9.17, 15) is 14.4 Å². The van der Waals surface area contributed by atoms with Crippen LogP contribution in [0.15, 0.2) is 76.4 Å². The molecule has 7 heteroatoms. The zero-order valence-electron chi connectivity index (χ0n) is 18.7. The highest BCUT2D eigenvalue weighted by atomic mass is 16.2. The van der Waals surface area contributed by atoms with Gasteiger partial charge in [0.15, 0.2) is 0 Å². The lowest BCUT2D eigenvalue weighted by Crippen LogP contribution is -2.43. The maximum atomic E-state index is 12.8. The topological polar surface area (TPSA) is 76.3 Å². The van der Waals surface area contributed by atoms with Crippen LogP contribution in [0.3, 0.4) is 0 Å². The van der Waals surface area contributed by atoms with Gasteiger partial charge in [-0.25, -0.2) is 4.79 Å². The zero-order valence-corrected chi connectivity index (χ0v) is 18.7. The smallest absolute Gasteiger partial charge is 0.331 e. The van der Waals surface area contributed by atoms with Gasteiger partial charge in [0.1, 0.15) is 6.54 Å². The van der Waals surface area contributed by atoms with Crippen molar-refractivity contribution in [1.82, 2.24) is 19.4 Å². The van der Waals surface area contributed by atoms with Crippen molar-refractivity contribution in [2.75, 3.05) is 13.1 Å². The number of hydrogen-bond acceptors (Lipinski definition) is 4. The molecule has 0 atom stereocenters. The predicted molar refractivity (Wildman–Crippen MR) is 125 cm³/mol. The summed E-state index contributed by atoms with van der Waals surface area (Å²) in [6, 6.07) is 18.8. The standard InChI is InChI=1S/C25H30N4O3/c1-3-27(4-2)18-22-13-9-8-12-21(22)16-26-23(30)19-29-24(31)14-15-28(25(29)32)17-20-10-6-5-7-11-20/h5-15H,3-4,16-19H2,1-2H3,(H,26,30). The molecule has 0 fully saturated rings. The summed E-state index contributed by atoms with van der Waals surface area (Å²) in [6.07, 6.45) is 1.47. The van der Waals surface area contributed by atoms with Crippen molar-refractivity contribution in [3.05, 3.63) is 104 Å². The van der Waals surface area contributed by atoms with E-state index >= 15 is 0 Å². The Morgan fingerprint density at radius 1 is 0.906 bits per heavy atom. The van der Waals surface area contributed by atoms with E-state index in [1.807, 2.05) is 48.5 Å². The molecule has 1 N–H and O–H groups in total. The molecule has 0 spiro atoms. The van der Waals surface area contributed by atoms with Crippen LogP contribution in [-0.4, -0.2) is 33.0 Å². The van der Waals surface area contributed by atoms with Gasteiger partial charge < -0.3 is 5.32 Å². The lowest BCUT2D eigenvalue weighted by molar-refractivity contribution is -0.121. The molecule has 168 valence electrons. The molecule has 1 amide bonds. The predicted octanol–water partition coefficient (Wildman–Crippen LogP) is 2.22. The minimum absolute atomic E-state index is 0.314. The number of aromatic nitrogens is 2. The van der Waals surface area contributed by atoms with Crippen molar-refractivity contribution in [2.45, 2.75) is 40.0 Å². The van der Waals surface area contributed by atoms with Gasteiger partial charge in [-0.05, 0) is 29.8 Å². The van der Waals surface area contributed by atoms with E-state index in [-0.39, 0.29) is 12.5 Å². The van der Waals surface area contributed by atoms with E-state index in [2.05, 4.69) is 30.1 Å². The van der Waals surface area contributed by atoms with Gasteiger partial charge >= 0.3 is 5.69 Å². The van der Waals surface area contributed by atoms with E-state index in [4.69, 9.17) is 0 Å². The Morgan fingerprint density at radius 2 is 1.56 bits per heavy atom. The summed E-state index contributed by atoms with van der Waals surface area (Å²) in [6.45, 7) is 7.31. The Bertz CT molecular complexity index is 1150. The number of benzene rings is 2. The fourth-order valence-corrected chi connectivity index (χ4v) is 3.57. The van der Waals surface area contributed by atoms with Crippen LogP contribution in [0.25, 0.3) is 0 Å².